The topological polar surface area (TPSA) is 26.3 Å². The van der Waals surface area contributed by atoms with Crippen molar-refractivity contribution in [1.29, 1.82) is 0 Å². The van der Waals surface area contributed by atoms with Crippen molar-refractivity contribution in [3.05, 3.63) is 42.0 Å². The van der Waals surface area contributed by atoms with Gasteiger partial charge in [0.05, 0.1) is 5.92 Å². The van der Waals surface area contributed by atoms with Crippen LogP contribution in [0.15, 0.2) is 24.8 Å². The molecule has 4 atom stereocenters. The molecule has 0 heterocycles. The van der Waals surface area contributed by atoms with Crippen molar-refractivity contribution in [3.63, 3.8) is 0 Å². The third-order valence-electron chi connectivity index (χ3n) is 8.65. The highest BCUT2D eigenvalue weighted by Crippen LogP contribution is 2.50. The van der Waals surface area contributed by atoms with E-state index in [1.54, 1.807) is 6.08 Å². The fourth-order valence-corrected chi connectivity index (χ4v) is 6.79. The third-order valence-corrected chi connectivity index (χ3v) is 8.65. The Labute approximate surface area is 191 Å². The number of rotatable bonds is 6. The number of halogens is 2. The summed E-state index contributed by atoms with van der Waals surface area (Å²) in [6.45, 7) is 5.97. The molecule has 4 heteroatoms. The number of fused-ring (bicyclic) bond motifs is 1. The molecule has 0 amide bonds. The van der Waals surface area contributed by atoms with Crippen molar-refractivity contribution in [2.24, 2.45) is 35.5 Å². The van der Waals surface area contributed by atoms with Crippen LogP contribution in [0.3, 0.4) is 0 Å². The van der Waals surface area contributed by atoms with E-state index in [0.717, 1.165) is 49.1 Å². The van der Waals surface area contributed by atoms with E-state index >= 15 is 0 Å². The van der Waals surface area contributed by atoms with Gasteiger partial charge in [-0.25, -0.2) is 8.78 Å². The summed E-state index contributed by atoms with van der Waals surface area (Å²) in [6, 6.07) is 2.31. The zero-order chi connectivity index (χ0) is 22.7. The van der Waals surface area contributed by atoms with Crippen LogP contribution >= 0.6 is 0 Å². The second kappa shape index (κ2) is 10.5. The van der Waals surface area contributed by atoms with Gasteiger partial charge in [-0.15, -0.1) is 6.58 Å². The molecule has 1 aromatic rings. The molecule has 0 saturated heterocycles. The number of ether oxygens (including phenoxy) is 1. The van der Waals surface area contributed by atoms with Crippen LogP contribution in [0.2, 0.25) is 0 Å². The molecule has 176 valence electrons. The molecule has 3 aliphatic carbocycles. The molecule has 0 aliphatic heterocycles. The highest BCUT2D eigenvalue weighted by molar-refractivity contribution is 5.75. The Morgan fingerprint density at radius 2 is 1.69 bits per heavy atom. The molecule has 1 aromatic carbocycles. The Bertz CT molecular complexity index is 789. The summed E-state index contributed by atoms with van der Waals surface area (Å²) in [5.41, 5.74) is 0.0258. The summed E-state index contributed by atoms with van der Waals surface area (Å²) in [6.07, 6.45) is 14.5. The van der Waals surface area contributed by atoms with E-state index in [1.165, 1.54) is 44.9 Å². The lowest BCUT2D eigenvalue weighted by Crippen LogP contribution is -2.40. The van der Waals surface area contributed by atoms with E-state index in [4.69, 9.17) is 4.74 Å². The Morgan fingerprint density at radius 3 is 2.38 bits per heavy atom. The predicted molar refractivity (Wildman–Crippen MR) is 123 cm³/mol. The second-order valence-electron chi connectivity index (χ2n) is 10.7. The maximum absolute atomic E-state index is 14.4. The monoisotopic (exact) mass is 444 g/mol. The number of benzene rings is 1. The number of carbonyl (C=O) groups is 1. The van der Waals surface area contributed by atoms with Crippen molar-refractivity contribution >= 4 is 5.97 Å². The molecule has 32 heavy (non-hydrogen) atoms. The minimum Gasteiger partial charge on any atom is -0.426 e. The summed E-state index contributed by atoms with van der Waals surface area (Å²) in [7, 11) is 0. The molecule has 3 saturated carbocycles. The van der Waals surface area contributed by atoms with Gasteiger partial charge in [-0.3, -0.25) is 4.79 Å². The van der Waals surface area contributed by atoms with Gasteiger partial charge in [-0.2, -0.15) is 0 Å². The highest BCUT2D eigenvalue weighted by Gasteiger charge is 2.43. The van der Waals surface area contributed by atoms with Gasteiger partial charge in [0, 0.05) is 17.7 Å². The fourth-order valence-electron chi connectivity index (χ4n) is 6.79. The number of hydrogen-bond acceptors (Lipinski definition) is 2. The van der Waals surface area contributed by atoms with Gasteiger partial charge in [-0.05, 0) is 81.0 Å². The van der Waals surface area contributed by atoms with Crippen LogP contribution in [0.4, 0.5) is 8.78 Å². The first-order chi connectivity index (χ1) is 15.5. The highest BCUT2D eigenvalue weighted by atomic mass is 19.1. The molecule has 0 N–H and O–H groups in total. The Balaban J connectivity index is 1.38. The quantitative estimate of drug-likeness (QED) is 0.256. The van der Waals surface area contributed by atoms with Gasteiger partial charge in [0.15, 0.2) is 0 Å². The fraction of sp³-hybridized carbons (Fsp3) is 0.679. The molecule has 3 fully saturated rings. The smallest absolute Gasteiger partial charge is 0.314 e. The van der Waals surface area contributed by atoms with Crippen LogP contribution < -0.4 is 4.74 Å². The van der Waals surface area contributed by atoms with Gasteiger partial charge in [0.25, 0.3) is 0 Å². The summed E-state index contributed by atoms with van der Waals surface area (Å²) in [5.74, 6) is 1.73. The maximum atomic E-state index is 14.4. The molecular formula is C28H38F2O2. The van der Waals surface area contributed by atoms with E-state index in [0.29, 0.717) is 18.3 Å². The molecule has 2 nitrogen and oxygen atoms in total. The number of carbonyl (C=O) groups excluding carboxylic acids is 1. The summed E-state index contributed by atoms with van der Waals surface area (Å²) in [4.78, 5) is 13.0. The molecule has 3 aliphatic rings. The standard InChI is InChI=1S/C28H38F2O2/c1-3-4-7-25-26(29)16-22(17-27(25)30)32-28(31)24-8-5-6-21-15-20(13-14-23(21)24)19-11-9-18(2)10-12-19/h3,16-21,23-24H,1,4-15H2,2H3. The molecule has 0 aromatic heterocycles. The molecule has 0 spiro atoms. The van der Waals surface area contributed by atoms with E-state index < -0.39 is 11.6 Å². The maximum Gasteiger partial charge on any atom is 0.314 e. The van der Waals surface area contributed by atoms with Crippen molar-refractivity contribution in [1.82, 2.24) is 0 Å². The normalized spacial score (nSPS) is 32.7. The number of hydrogen-bond donors (Lipinski definition) is 0. The Morgan fingerprint density at radius 1 is 1.00 bits per heavy atom. The second-order valence-corrected chi connectivity index (χ2v) is 10.7. The molecule has 4 rings (SSSR count). The first-order valence-corrected chi connectivity index (χ1v) is 12.8. The summed E-state index contributed by atoms with van der Waals surface area (Å²) in [5, 5.41) is 0. The Hall–Kier alpha value is -1.71. The first kappa shape index (κ1) is 23.4. The number of esters is 1. The third kappa shape index (κ3) is 5.26. The first-order valence-electron chi connectivity index (χ1n) is 12.8. The lowest BCUT2D eigenvalue weighted by molar-refractivity contribution is -0.144. The molecule has 4 unspecified atom stereocenters. The van der Waals surface area contributed by atoms with Crippen LogP contribution in [0.25, 0.3) is 0 Å². The SMILES string of the molecule is C=CCCc1c(F)cc(OC(=O)C2CCCC3CC(C4CCC(C)CC4)CCC32)cc1F. The van der Waals surface area contributed by atoms with Crippen LogP contribution in [0.1, 0.15) is 83.1 Å². The largest absolute Gasteiger partial charge is 0.426 e. The van der Waals surface area contributed by atoms with Crippen LogP contribution in [0, 0.1) is 47.1 Å². The lowest BCUT2D eigenvalue weighted by Gasteiger charge is -2.45. The molecular weight excluding hydrogens is 406 g/mol. The minimum absolute atomic E-state index is 0.0144. The predicted octanol–water partition coefficient (Wildman–Crippen LogP) is 7.65. The van der Waals surface area contributed by atoms with Gasteiger partial charge >= 0.3 is 5.97 Å². The van der Waals surface area contributed by atoms with E-state index in [9.17, 15) is 13.6 Å². The van der Waals surface area contributed by atoms with Gasteiger partial charge < -0.3 is 4.74 Å². The van der Waals surface area contributed by atoms with Crippen molar-refractivity contribution < 1.29 is 18.3 Å². The average Bonchev–Trinajstić information content (AvgIpc) is 2.78. The summed E-state index contributed by atoms with van der Waals surface area (Å²) < 4.78 is 34.3. The van der Waals surface area contributed by atoms with Crippen molar-refractivity contribution in [2.75, 3.05) is 0 Å². The van der Waals surface area contributed by atoms with Crippen molar-refractivity contribution in [3.8, 4) is 5.75 Å². The average molecular weight is 445 g/mol. The van der Waals surface area contributed by atoms with E-state index in [2.05, 4.69) is 13.5 Å². The number of allylic oxidation sites excluding steroid dienone is 1. The zero-order valence-corrected chi connectivity index (χ0v) is 19.5. The van der Waals surface area contributed by atoms with Crippen molar-refractivity contribution in [2.45, 2.75) is 84.0 Å². The summed E-state index contributed by atoms with van der Waals surface area (Å²) >= 11 is 0. The Kier molecular flexibility index (Phi) is 7.68. The molecule has 0 bridgehead atoms. The van der Waals surface area contributed by atoms with Crippen LogP contribution in [-0.2, 0) is 11.2 Å². The van der Waals surface area contributed by atoms with E-state index in [-0.39, 0.29) is 29.6 Å². The van der Waals surface area contributed by atoms with Crippen LogP contribution in [0.5, 0.6) is 5.75 Å². The van der Waals surface area contributed by atoms with Gasteiger partial charge in [-0.1, -0.05) is 38.7 Å². The molecule has 0 radical (unpaired) electrons. The van der Waals surface area contributed by atoms with E-state index in [1.807, 2.05) is 0 Å². The minimum atomic E-state index is -0.654. The van der Waals surface area contributed by atoms with Crippen LogP contribution in [-0.4, -0.2) is 5.97 Å². The van der Waals surface area contributed by atoms with Gasteiger partial charge in [0.1, 0.15) is 17.4 Å². The van der Waals surface area contributed by atoms with Gasteiger partial charge in [0.2, 0.25) is 0 Å². The zero-order valence-electron chi connectivity index (χ0n) is 19.5. The lowest BCUT2D eigenvalue weighted by atomic mass is 9.59.